The molecular formula is C33H32ClN7O. The molecule has 42 heavy (non-hydrogen) atoms. The summed E-state index contributed by atoms with van der Waals surface area (Å²) in [6.45, 7) is 6.95. The highest BCUT2D eigenvalue weighted by Crippen LogP contribution is 2.33. The molecule has 1 fully saturated rings. The number of piperazine rings is 1. The molecular weight excluding hydrogens is 546 g/mol. The smallest absolute Gasteiger partial charge is 0.255 e. The maximum absolute atomic E-state index is 13.0. The number of carbonyl (C=O) groups is 1. The van der Waals surface area contributed by atoms with Gasteiger partial charge in [-0.3, -0.25) is 14.7 Å². The summed E-state index contributed by atoms with van der Waals surface area (Å²) >= 11 is 6.59. The predicted molar refractivity (Wildman–Crippen MR) is 167 cm³/mol. The van der Waals surface area contributed by atoms with Gasteiger partial charge in [-0.1, -0.05) is 29.8 Å². The minimum atomic E-state index is -0.201. The van der Waals surface area contributed by atoms with Crippen molar-refractivity contribution >= 4 is 23.2 Å². The highest BCUT2D eigenvalue weighted by Gasteiger charge is 2.18. The van der Waals surface area contributed by atoms with Crippen LogP contribution in [-0.2, 0) is 6.54 Å². The number of hydrogen-bond acceptors (Lipinski definition) is 6. The van der Waals surface area contributed by atoms with Gasteiger partial charge >= 0.3 is 0 Å². The molecule has 2 aromatic carbocycles. The van der Waals surface area contributed by atoms with E-state index in [2.05, 4.69) is 37.1 Å². The SMILES string of the molecule is Cc1c[nH]c(-c2ccc(NC(=O)c3ccc(CN4CCN(C)CC4)c(Cl)c3)cc2)c1-c1nccc(-c2cccnc2)n1. The van der Waals surface area contributed by atoms with Crippen molar-refractivity contribution in [3.63, 3.8) is 0 Å². The summed E-state index contributed by atoms with van der Waals surface area (Å²) in [7, 11) is 2.14. The zero-order valence-electron chi connectivity index (χ0n) is 23.6. The number of benzene rings is 2. The van der Waals surface area contributed by atoms with Gasteiger partial charge in [0, 0.05) is 84.9 Å². The summed E-state index contributed by atoms with van der Waals surface area (Å²) < 4.78 is 0. The standard InChI is InChI=1S/C33H32ClN7O/c1-22-19-37-31(30(22)32-36-13-11-29(39-32)25-4-3-12-35-20-25)23-7-9-27(10-8-23)38-33(42)24-5-6-26(28(34)18-24)21-41-16-14-40(2)15-17-41/h3-13,18-20,37H,14-17,21H2,1-2H3,(H,38,42). The molecule has 5 aromatic rings. The van der Waals surface area contributed by atoms with Crippen LogP contribution >= 0.6 is 11.6 Å². The summed E-state index contributed by atoms with van der Waals surface area (Å²) in [5.74, 6) is 0.434. The third kappa shape index (κ3) is 6.11. The van der Waals surface area contributed by atoms with Gasteiger partial charge in [-0.25, -0.2) is 9.97 Å². The maximum Gasteiger partial charge on any atom is 0.255 e. The number of nitrogens with one attached hydrogen (secondary N) is 2. The van der Waals surface area contributed by atoms with Crippen molar-refractivity contribution in [2.24, 2.45) is 0 Å². The fraction of sp³-hybridized carbons (Fsp3) is 0.212. The summed E-state index contributed by atoms with van der Waals surface area (Å²) in [5.41, 5.74) is 7.85. The number of likely N-dealkylation sites (N-methyl/N-ethyl adjacent to an activating group) is 1. The van der Waals surface area contributed by atoms with Crippen molar-refractivity contribution in [3.05, 3.63) is 107 Å². The highest BCUT2D eigenvalue weighted by atomic mass is 35.5. The van der Waals surface area contributed by atoms with Gasteiger partial charge in [0.05, 0.1) is 11.4 Å². The maximum atomic E-state index is 13.0. The van der Waals surface area contributed by atoms with E-state index in [-0.39, 0.29) is 5.91 Å². The van der Waals surface area contributed by atoms with Crippen molar-refractivity contribution < 1.29 is 4.79 Å². The minimum absolute atomic E-state index is 0.201. The number of aryl methyl sites for hydroxylation is 1. The van der Waals surface area contributed by atoms with E-state index in [0.29, 0.717) is 22.1 Å². The first-order valence-corrected chi connectivity index (χ1v) is 14.4. The molecule has 0 spiro atoms. The Labute approximate surface area is 250 Å². The topological polar surface area (TPSA) is 90.0 Å². The van der Waals surface area contributed by atoms with E-state index in [1.165, 1.54) is 0 Å². The number of halogens is 1. The Hall–Kier alpha value is -4.37. The van der Waals surface area contributed by atoms with Gasteiger partial charge in [-0.15, -0.1) is 0 Å². The fourth-order valence-electron chi connectivity index (χ4n) is 5.18. The summed E-state index contributed by atoms with van der Waals surface area (Å²) in [6, 6.07) is 19.0. The zero-order valence-corrected chi connectivity index (χ0v) is 24.4. The molecule has 0 saturated carbocycles. The number of rotatable bonds is 7. The van der Waals surface area contributed by atoms with E-state index >= 15 is 0 Å². The lowest BCUT2D eigenvalue weighted by Crippen LogP contribution is -2.43. The van der Waals surface area contributed by atoms with Crippen LogP contribution in [-0.4, -0.2) is 68.9 Å². The predicted octanol–water partition coefficient (Wildman–Crippen LogP) is 6.16. The molecule has 1 saturated heterocycles. The average molecular weight is 578 g/mol. The molecule has 0 bridgehead atoms. The third-order valence-corrected chi connectivity index (χ3v) is 8.00. The van der Waals surface area contributed by atoms with Crippen LogP contribution in [0.25, 0.3) is 33.9 Å². The number of anilines is 1. The van der Waals surface area contributed by atoms with Crippen molar-refractivity contribution in [3.8, 4) is 33.9 Å². The Morgan fingerprint density at radius 2 is 1.81 bits per heavy atom. The van der Waals surface area contributed by atoms with Gasteiger partial charge in [-0.05, 0) is 73.1 Å². The van der Waals surface area contributed by atoms with Crippen molar-refractivity contribution in [2.75, 3.05) is 38.5 Å². The molecule has 0 aliphatic carbocycles. The van der Waals surface area contributed by atoms with Crippen LogP contribution in [0.4, 0.5) is 5.69 Å². The Kier molecular flexibility index (Phi) is 8.10. The molecule has 1 aliphatic heterocycles. The number of pyridine rings is 1. The lowest BCUT2D eigenvalue weighted by atomic mass is 10.0. The number of hydrogen-bond donors (Lipinski definition) is 2. The number of aromatic nitrogens is 4. The van der Waals surface area contributed by atoms with E-state index in [1.807, 2.05) is 67.7 Å². The lowest BCUT2D eigenvalue weighted by Gasteiger charge is -2.32. The number of aromatic amines is 1. The quantitative estimate of drug-likeness (QED) is 0.241. The van der Waals surface area contributed by atoms with Crippen LogP contribution in [0.2, 0.25) is 5.02 Å². The molecule has 8 nitrogen and oxygen atoms in total. The normalized spacial score (nSPS) is 14.2. The zero-order chi connectivity index (χ0) is 29.1. The van der Waals surface area contributed by atoms with Crippen LogP contribution in [0.3, 0.4) is 0 Å². The lowest BCUT2D eigenvalue weighted by molar-refractivity contribution is 0.102. The molecule has 0 unspecified atom stereocenters. The van der Waals surface area contributed by atoms with Crippen molar-refractivity contribution in [2.45, 2.75) is 13.5 Å². The van der Waals surface area contributed by atoms with Crippen molar-refractivity contribution in [1.82, 2.24) is 29.7 Å². The second kappa shape index (κ2) is 12.2. The first kappa shape index (κ1) is 27.8. The van der Waals surface area contributed by atoms with Gasteiger partial charge < -0.3 is 15.2 Å². The van der Waals surface area contributed by atoms with Gasteiger partial charge in [0.2, 0.25) is 0 Å². The molecule has 3 aromatic heterocycles. The van der Waals surface area contributed by atoms with Gasteiger partial charge in [0.1, 0.15) is 0 Å². The second-order valence-corrected chi connectivity index (χ2v) is 11.1. The average Bonchev–Trinajstić information content (AvgIpc) is 3.41. The minimum Gasteiger partial charge on any atom is -0.360 e. The Balaban J connectivity index is 1.16. The van der Waals surface area contributed by atoms with Crippen molar-refractivity contribution in [1.29, 1.82) is 0 Å². The molecule has 4 heterocycles. The van der Waals surface area contributed by atoms with Gasteiger partial charge in [0.15, 0.2) is 5.82 Å². The summed E-state index contributed by atoms with van der Waals surface area (Å²) in [4.78, 5) is 34.7. The van der Waals surface area contributed by atoms with Gasteiger partial charge in [0.25, 0.3) is 5.91 Å². The van der Waals surface area contributed by atoms with E-state index in [0.717, 1.165) is 71.9 Å². The van der Waals surface area contributed by atoms with Crippen LogP contribution in [0.1, 0.15) is 21.5 Å². The monoisotopic (exact) mass is 577 g/mol. The molecule has 0 radical (unpaired) electrons. The first-order valence-electron chi connectivity index (χ1n) is 14.0. The van der Waals surface area contributed by atoms with Crippen LogP contribution in [0.15, 0.2) is 85.5 Å². The molecule has 9 heteroatoms. The number of nitrogens with zero attached hydrogens (tertiary/aromatic N) is 5. The molecule has 1 amide bonds. The largest absolute Gasteiger partial charge is 0.360 e. The third-order valence-electron chi connectivity index (χ3n) is 7.65. The van der Waals surface area contributed by atoms with E-state index < -0.39 is 0 Å². The molecule has 6 rings (SSSR count). The molecule has 2 N–H and O–H groups in total. The van der Waals surface area contributed by atoms with Crippen LogP contribution < -0.4 is 5.32 Å². The number of carbonyl (C=O) groups excluding carboxylic acids is 1. The first-order chi connectivity index (χ1) is 20.4. The number of amides is 1. The van der Waals surface area contributed by atoms with E-state index in [9.17, 15) is 4.79 Å². The van der Waals surface area contributed by atoms with Crippen LogP contribution in [0.5, 0.6) is 0 Å². The Morgan fingerprint density at radius 3 is 2.55 bits per heavy atom. The molecule has 0 atom stereocenters. The summed E-state index contributed by atoms with van der Waals surface area (Å²) in [6.07, 6.45) is 7.26. The van der Waals surface area contributed by atoms with E-state index in [4.69, 9.17) is 16.6 Å². The van der Waals surface area contributed by atoms with Crippen LogP contribution in [0, 0.1) is 6.92 Å². The van der Waals surface area contributed by atoms with Gasteiger partial charge in [-0.2, -0.15) is 0 Å². The highest BCUT2D eigenvalue weighted by molar-refractivity contribution is 6.31. The second-order valence-electron chi connectivity index (χ2n) is 10.6. The Bertz CT molecular complexity index is 1690. The number of H-pyrrole nitrogens is 1. The Morgan fingerprint density at radius 1 is 1.00 bits per heavy atom. The molecule has 1 aliphatic rings. The molecule has 212 valence electrons. The fourth-order valence-corrected chi connectivity index (χ4v) is 5.42. The van der Waals surface area contributed by atoms with E-state index in [1.54, 1.807) is 24.7 Å². The summed E-state index contributed by atoms with van der Waals surface area (Å²) in [5, 5.41) is 3.61.